The van der Waals surface area contributed by atoms with Crippen molar-refractivity contribution in [2.24, 2.45) is 5.92 Å². The van der Waals surface area contributed by atoms with Gasteiger partial charge in [-0.2, -0.15) is 0 Å². The third kappa shape index (κ3) is 5.70. The highest BCUT2D eigenvalue weighted by molar-refractivity contribution is 7.89. The van der Waals surface area contributed by atoms with Crippen LogP contribution in [0.15, 0.2) is 0 Å². The van der Waals surface area contributed by atoms with Crippen LogP contribution in [0.3, 0.4) is 0 Å². The summed E-state index contributed by atoms with van der Waals surface area (Å²) in [5, 5.41) is 3.23. The third-order valence-corrected chi connectivity index (χ3v) is 6.58. The van der Waals surface area contributed by atoms with E-state index in [0.717, 1.165) is 44.7 Å². The molecular formula is C15H32N2O2S. The summed E-state index contributed by atoms with van der Waals surface area (Å²) >= 11 is 0. The zero-order valence-corrected chi connectivity index (χ0v) is 14.2. The zero-order valence-electron chi connectivity index (χ0n) is 13.4. The molecule has 0 aromatic heterocycles. The number of hydrogen-bond donors (Lipinski definition) is 1. The Morgan fingerprint density at radius 3 is 2.30 bits per heavy atom. The summed E-state index contributed by atoms with van der Waals surface area (Å²) in [4.78, 5) is 0. The first-order valence-corrected chi connectivity index (χ1v) is 9.78. The van der Waals surface area contributed by atoms with Crippen LogP contribution in [0.1, 0.15) is 58.8 Å². The van der Waals surface area contributed by atoms with Gasteiger partial charge in [0.05, 0.1) is 5.75 Å². The summed E-state index contributed by atoms with van der Waals surface area (Å²) in [5.74, 6) is 1.10. The second kappa shape index (κ2) is 9.00. The maximum absolute atomic E-state index is 12.3. The molecule has 0 spiro atoms. The Hall–Kier alpha value is -0.130. The molecule has 1 aliphatic carbocycles. The number of nitrogens with one attached hydrogen (secondary N) is 1. The molecular weight excluding hydrogens is 272 g/mol. The van der Waals surface area contributed by atoms with Crippen molar-refractivity contribution in [1.29, 1.82) is 0 Å². The monoisotopic (exact) mass is 304 g/mol. The van der Waals surface area contributed by atoms with E-state index in [0.29, 0.717) is 5.75 Å². The van der Waals surface area contributed by atoms with Crippen LogP contribution in [-0.4, -0.2) is 44.7 Å². The molecule has 0 heterocycles. The van der Waals surface area contributed by atoms with Crippen molar-refractivity contribution in [3.63, 3.8) is 0 Å². The minimum absolute atomic E-state index is 0.233. The molecule has 1 aliphatic rings. The van der Waals surface area contributed by atoms with Gasteiger partial charge < -0.3 is 5.32 Å². The predicted molar refractivity (Wildman–Crippen MR) is 85.4 cm³/mol. The minimum atomic E-state index is -3.07. The van der Waals surface area contributed by atoms with E-state index in [2.05, 4.69) is 19.2 Å². The summed E-state index contributed by atoms with van der Waals surface area (Å²) in [6, 6.07) is 0.233. The zero-order chi connectivity index (χ0) is 15.0. The second-order valence-electron chi connectivity index (χ2n) is 5.98. The van der Waals surface area contributed by atoms with Crippen LogP contribution < -0.4 is 5.32 Å². The van der Waals surface area contributed by atoms with Gasteiger partial charge in [0.25, 0.3) is 0 Å². The van der Waals surface area contributed by atoms with Crippen LogP contribution in [0, 0.1) is 5.92 Å². The van der Waals surface area contributed by atoms with Crippen LogP contribution in [0.5, 0.6) is 0 Å². The second-order valence-corrected chi connectivity index (χ2v) is 8.12. The van der Waals surface area contributed by atoms with Crippen molar-refractivity contribution < 1.29 is 8.42 Å². The van der Waals surface area contributed by atoms with Crippen molar-refractivity contribution in [2.45, 2.75) is 64.8 Å². The van der Waals surface area contributed by atoms with Gasteiger partial charge in [-0.1, -0.05) is 20.3 Å². The maximum Gasteiger partial charge on any atom is 0.214 e. The van der Waals surface area contributed by atoms with Gasteiger partial charge in [0.1, 0.15) is 0 Å². The van der Waals surface area contributed by atoms with Gasteiger partial charge >= 0.3 is 0 Å². The first kappa shape index (κ1) is 17.9. The highest BCUT2D eigenvalue weighted by atomic mass is 32.2. The molecule has 4 nitrogen and oxygen atoms in total. The normalized spacial score (nSPS) is 24.2. The average Bonchev–Trinajstić information content (AvgIpc) is 2.46. The number of hydrogen-bond acceptors (Lipinski definition) is 3. The molecule has 0 aromatic carbocycles. The fourth-order valence-corrected chi connectivity index (χ4v) is 4.52. The summed E-state index contributed by atoms with van der Waals surface area (Å²) < 4.78 is 26.3. The lowest BCUT2D eigenvalue weighted by atomic mass is 9.85. The molecule has 0 amide bonds. The van der Waals surface area contributed by atoms with Crippen molar-refractivity contribution in [3.05, 3.63) is 0 Å². The first-order valence-electron chi connectivity index (χ1n) is 8.17. The number of rotatable bonds is 9. The van der Waals surface area contributed by atoms with E-state index in [1.165, 1.54) is 19.3 Å². The van der Waals surface area contributed by atoms with Gasteiger partial charge in [0, 0.05) is 13.1 Å². The fraction of sp³-hybridized carbons (Fsp3) is 1.00. The van der Waals surface area contributed by atoms with E-state index in [-0.39, 0.29) is 6.04 Å². The Kier molecular flexibility index (Phi) is 8.07. The number of sulfonamides is 1. The Morgan fingerprint density at radius 2 is 1.75 bits per heavy atom. The van der Waals surface area contributed by atoms with Gasteiger partial charge in [-0.25, -0.2) is 12.7 Å². The molecule has 5 heteroatoms. The molecule has 1 saturated carbocycles. The Bertz CT molecular complexity index is 349. The van der Waals surface area contributed by atoms with E-state index >= 15 is 0 Å². The first-order chi connectivity index (χ1) is 9.51. The van der Waals surface area contributed by atoms with Crippen molar-refractivity contribution in [3.8, 4) is 0 Å². The lowest BCUT2D eigenvalue weighted by Crippen LogP contribution is -2.40. The largest absolute Gasteiger partial charge is 0.317 e. The predicted octanol–water partition coefficient (Wildman–Crippen LogP) is 2.61. The maximum atomic E-state index is 12.3. The lowest BCUT2D eigenvalue weighted by molar-refractivity contribution is 0.233. The van der Waals surface area contributed by atoms with Crippen molar-refractivity contribution in [2.75, 3.05) is 25.9 Å². The van der Waals surface area contributed by atoms with Crippen LogP contribution >= 0.6 is 0 Å². The van der Waals surface area contributed by atoms with Gasteiger partial charge in [-0.15, -0.1) is 0 Å². The molecule has 0 unspecified atom stereocenters. The third-order valence-electron chi connectivity index (χ3n) is 4.60. The van der Waals surface area contributed by atoms with Crippen LogP contribution in [0.4, 0.5) is 0 Å². The SMILES string of the molecule is CCNCCCCS(=O)(=O)N(C)C1CCC(CC)CC1. The molecule has 20 heavy (non-hydrogen) atoms. The number of nitrogens with zero attached hydrogens (tertiary/aromatic N) is 1. The van der Waals surface area contributed by atoms with Crippen LogP contribution in [0.2, 0.25) is 0 Å². The standard InChI is InChI=1S/C15H32N2O2S/c1-4-14-8-10-15(11-9-14)17(3)20(18,19)13-7-6-12-16-5-2/h14-16H,4-13H2,1-3H3. The van der Waals surface area contributed by atoms with Gasteiger partial charge in [-0.05, 0) is 57.5 Å². The van der Waals surface area contributed by atoms with Crippen molar-refractivity contribution >= 4 is 10.0 Å². The minimum Gasteiger partial charge on any atom is -0.317 e. The van der Waals surface area contributed by atoms with Gasteiger partial charge in [0.2, 0.25) is 10.0 Å². The van der Waals surface area contributed by atoms with E-state index in [9.17, 15) is 8.42 Å². The highest BCUT2D eigenvalue weighted by Gasteiger charge is 2.29. The smallest absolute Gasteiger partial charge is 0.214 e. The van der Waals surface area contributed by atoms with E-state index in [1.54, 1.807) is 11.4 Å². The average molecular weight is 305 g/mol. The summed E-state index contributed by atoms with van der Waals surface area (Å²) in [6.45, 7) is 6.16. The van der Waals surface area contributed by atoms with Gasteiger partial charge in [-0.3, -0.25) is 0 Å². The molecule has 0 bridgehead atoms. The van der Waals surface area contributed by atoms with Crippen LogP contribution in [0.25, 0.3) is 0 Å². The molecule has 120 valence electrons. The van der Waals surface area contributed by atoms with E-state index in [1.807, 2.05) is 0 Å². The Morgan fingerprint density at radius 1 is 1.10 bits per heavy atom. The molecule has 0 atom stereocenters. The molecule has 1 N–H and O–H groups in total. The molecule has 1 rings (SSSR count). The molecule has 0 radical (unpaired) electrons. The summed E-state index contributed by atoms with van der Waals surface area (Å²) in [5.41, 5.74) is 0. The topological polar surface area (TPSA) is 49.4 Å². The lowest BCUT2D eigenvalue weighted by Gasteiger charge is -2.33. The highest BCUT2D eigenvalue weighted by Crippen LogP contribution is 2.30. The van der Waals surface area contributed by atoms with Crippen molar-refractivity contribution in [1.82, 2.24) is 9.62 Å². The fourth-order valence-electron chi connectivity index (χ4n) is 3.00. The summed E-state index contributed by atoms with van der Waals surface area (Å²) in [7, 11) is -1.29. The quantitative estimate of drug-likeness (QED) is 0.666. The Balaban J connectivity index is 2.35. The van der Waals surface area contributed by atoms with E-state index in [4.69, 9.17) is 0 Å². The molecule has 0 saturated heterocycles. The number of unbranched alkanes of at least 4 members (excludes halogenated alkanes) is 1. The van der Waals surface area contributed by atoms with Gasteiger partial charge in [0.15, 0.2) is 0 Å². The Labute approximate surface area is 125 Å². The van der Waals surface area contributed by atoms with E-state index < -0.39 is 10.0 Å². The van der Waals surface area contributed by atoms with Crippen LogP contribution in [-0.2, 0) is 10.0 Å². The molecule has 0 aliphatic heterocycles. The summed E-state index contributed by atoms with van der Waals surface area (Å²) in [6.07, 6.45) is 7.35. The molecule has 1 fully saturated rings. The molecule has 0 aromatic rings.